The van der Waals surface area contributed by atoms with Gasteiger partial charge in [-0.05, 0) is 248 Å². The van der Waals surface area contributed by atoms with Crippen molar-refractivity contribution in [2.24, 2.45) is 0 Å². The molecule has 0 saturated carbocycles. The van der Waals surface area contributed by atoms with Crippen LogP contribution in [-0.4, -0.2) is 13.7 Å². The lowest BCUT2D eigenvalue weighted by atomic mass is 9.86. The quantitative estimate of drug-likeness (QED) is 0.102. The second-order valence-corrected chi connectivity index (χ2v) is 33.5. The molecule has 0 bridgehead atoms. The van der Waals surface area contributed by atoms with E-state index in [0.29, 0.717) is 0 Å². The molecule has 6 nitrogen and oxygen atoms in total. The van der Waals surface area contributed by atoms with Gasteiger partial charge in [0, 0.05) is 83.5 Å². The number of hydrogen-bond donors (Lipinski definition) is 0. The Morgan fingerprint density at radius 1 is 0.167 bits per heavy atom. The number of nitrogens with zero attached hydrogens (tertiary/aromatic N) is 6. The molecule has 3 aromatic heterocycles. The maximum absolute atomic E-state index is 2.48. The Balaban J connectivity index is 0.862. The van der Waals surface area contributed by atoms with Crippen LogP contribution >= 0.6 is 0 Å². The molecule has 0 fully saturated rings. The lowest BCUT2D eigenvalue weighted by Crippen LogP contribution is -2.16. The van der Waals surface area contributed by atoms with Crippen LogP contribution in [0.25, 0.3) is 116 Å². The fraction of sp³-hybridized carbons (Fsp3) is 0.111. The first-order chi connectivity index (χ1) is 55.4. The smallest absolute Gasteiger partial charge is 0.0542 e. The predicted molar refractivity (Wildman–Crippen MR) is 486 cm³/mol. The van der Waals surface area contributed by atoms with Crippen LogP contribution in [0.15, 0.2) is 382 Å². The zero-order valence-corrected chi connectivity index (χ0v) is 66.1. The molecule has 3 heterocycles. The summed E-state index contributed by atoms with van der Waals surface area (Å²) in [6, 6.07) is 142. The first-order valence-corrected chi connectivity index (χ1v) is 39.9. The van der Waals surface area contributed by atoms with E-state index in [2.05, 4.69) is 473 Å². The molecule has 6 heteroatoms. The normalized spacial score (nSPS) is 12.1. The lowest BCUT2D eigenvalue weighted by Gasteiger charge is -2.33. The van der Waals surface area contributed by atoms with E-state index < -0.39 is 0 Å². The van der Waals surface area contributed by atoms with Gasteiger partial charge in [0.1, 0.15) is 0 Å². The second-order valence-electron chi connectivity index (χ2n) is 33.5. The second kappa shape index (κ2) is 28.3. The highest BCUT2D eigenvalue weighted by atomic mass is 15.2. The number of benzene rings is 16. The number of aromatic nitrogens is 3. The first-order valence-electron chi connectivity index (χ1n) is 39.9. The summed E-state index contributed by atoms with van der Waals surface area (Å²) in [5.74, 6) is 0. The Kier molecular flexibility index (Phi) is 17.5. The summed E-state index contributed by atoms with van der Waals surface area (Å²) in [6.07, 6.45) is 0. The molecule has 19 rings (SSSR count). The Bertz CT molecular complexity index is 6110. The number of rotatable bonds is 15. The van der Waals surface area contributed by atoms with Crippen molar-refractivity contribution in [2.75, 3.05) is 14.7 Å². The van der Waals surface area contributed by atoms with Crippen molar-refractivity contribution in [1.82, 2.24) is 13.7 Å². The minimum atomic E-state index is -0.0994. The van der Waals surface area contributed by atoms with E-state index in [1.54, 1.807) is 0 Å². The van der Waals surface area contributed by atoms with E-state index >= 15 is 0 Å². The van der Waals surface area contributed by atoms with E-state index in [1.807, 2.05) is 0 Å². The van der Waals surface area contributed by atoms with Gasteiger partial charge in [-0.15, -0.1) is 0 Å². The highest BCUT2D eigenvalue weighted by molar-refractivity contribution is 6.14. The van der Waals surface area contributed by atoms with Crippen molar-refractivity contribution in [3.63, 3.8) is 0 Å². The summed E-state index contributed by atoms with van der Waals surface area (Å²) in [6.45, 7) is 20.8. The topological polar surface area (TPSA) is 24.5 Å². The van der Waals surface area contributed by atoms with E-state index in [0.717, 1.165) is 101 Å². The average molecular weight is 1470 g/mol. The Labute approximate surface area is 668 Å². The monoisotopic (exact) mass is 1470 g/mol. The largest absolute Gasteiger partial charge is 0.310 e. The van der Waals surface area contributed by atoms with Gasteiger partial charge < -0.3 is 28.4 Å². The Morgan fingerprint density at radius 3 is 0.596 bits per heavy atom. The summed E-state index contributed by atoms with van der Waals surface area (Å²) >= 11 is 0. The van der Waals surface area contributed by atoms with Crippen LogP contribution in [0.1, 0.15) is 79.0 Å². The minimum absolute atomic E-state index is 0.0994. The summed E-state index contributed by atoms with van der Waals surface area (Å²) in [5, 5.41) is 7.09. The van der Waals surface area contributed by atoms with Crippen molar-refractivity contribution in [3.8, 4) is 50.4 Å². The molecule has 0 atom stereocenters. The summed E-state index contributed by atoms with van der Waals surface area (Å²) < 4.78 is 7.36. The molecule has 0 aliphatic rings. The zero-order chi connectivity index (χ0) is 77.6. The van der Waals surface area contributed by atoms with Gasteiger partial charge in [-0.1, -0.05) is 263 Å². The molecule has 0 unspecified atom stereocenters. The highest BCUT2D eigenvalue weighted by Crippen LogP contribution is 2.50. The molecule has 0 N–H and O–H groups in total. The molecule has 0 saturated heterocycles. The molecule has 0 aliphatic carbocycles. The molecule has 19 aromatic rings. The number of hydrogen-bond acceptors (Lipinski definition) is 3. The molecule has 0 amide bonds. The minimum Gasteiger partial charge on any atom is -0.310 e. The molecular weight excluding hydrogens is 1380 g/mol. The maximum Gasteiger partial charge on any atom is 0.0542 e. The molecule has 552 valence electrons. The molecule has 0 spiro atoms. The van der Waals surface area contributed by atoms with Gasteiger partial charge in [0.05, 0.1) is 50.2 Å². The van der Waals surface area contributed by atoms with E-state index in [1.165, 1.54) is 82.4 Å². The van der Waals surface area contributed by atoms with Crippen molar-refractivity contribution < 1.29 is 0 Å². The summed E-state index contributed by atoms with van der Waals surface area (Å²) in [7, 11) is 0. The standard InChI is InChI=1S/C108H90N6/c1-106(2,3)79-46-58-100-94(64-79)97-70-88(55-61-103(97)112(100)85-49-40-76(41-50-85)73-28-16-10-17-29-73)109(82-34-22-13-23-35-82)91-67-92(110(83-36-24-14-25-37-83)89-56-62-104-98(71-89)95-65-80(107(4,5)6)47-59-101(95)113(104)86-51-42-77(43-52-86)74-30-18-11-19-31-74)69-93(68-91)111(84-38-26-15-27-39-84)90-57-63-105-99(72-90)96-66-81(108(7,8)9)48-60-102(96)114(105)87-53-44-78(45-54-87)75-32-20-12-21-33-75/h10-72H,1-9H3. The number of fused-ring (bicyclic) bond motifs is 9. The summed E-state index contributed by atoms with van der Waals surface area (Å²) in [5.41, 5.74) is 29.9. The predicted octanol–water partition coefficient (Wildman–Crippen LogP) is 30.3. The zero-order valence-electron chi connectivity index (χ0n) is 66.1. The third-order valence-electron chi connectivity index (χ3n) is 23.0. The highest BCUT2D eigenvalue weighted by Gasteiger charge is 2.28. The van der Waals surface area contributed by atoms with Crippen LogP contribution in [0.2, 0.25) is 0 Å². The van der Waals surface area contributed by atoms with Crippen molar-refractivity contribution >= 4 is 117 Å². The van der Waals surface area contributed by atoms with Gasteiger partial charge in [0.2, 0.25) is 0 Å². The van der Waals surface area contributed by atoms with Gasteiger partial charge in [-0.2, -0.15) is 0 Å². The summed E-state index contributed by atoms with van der Waals surface area (Å²) in [4.78, 5) is 7.43. The van der Waals surface area contributed by atoms with E-state index in [4.69, 9.17) is 0 Å². The van der Waals surface area contributed by atoms with E-state index in [9.17, 15) is 0 Å². The van der Waals surface area contributed by atoms with Gasteiger partial charge in [0.25, 0.3) is 0 Å². The van der Waals surface area contributed by atoms with Crippen LogP contribution in [-0.2, 0) is 16.2 Å². The molecular formula is C108H90N6. The van der Waals surface area contributed by atoms with Gasteiger partial charge in [-0.25, -0.2) is 0 Å². The lowest BCUT2D eigenvalue weighted by molar-refractivity contribution is 0.591. The van der Waals surface area contributed by atoms with Gasteiger partial charge >= 0.3 is 0 Å². The Morgan fingerprint density at radius 2 is 0.368 bits per heavy atom. The van der Waals surface area contributed by atoms with Crippen LogP contribution in [0.3, 0.4) is 0 Å². The molecule has 0 radical (unpaired) electrons. The van der Waals surface area contributed by atoms with Gasteiger partial charge in [-0.3, -0.25) is 0 Å². The fourth-order valence-corrected chi connectivity index (χ4v) is 17.0. The number of para-hydroxylation sites is 3. The van der Waals surface area contributed by atoms with E-state index in [-0.39, 0.29) is 16.2 Å². The van der Waals surface area contributed by atoms with Crippen LogP contribution in [0, 0.1) is 0 Å². The molecule has 16 aromatic carbocycles. The first kappa shape index (κ1) is 70.7. The van der Waals surface area contributed by atoms with Crippen LogP contribution in [0.4, 0.5) is 51.2 Å². The maximum atomic E-state index is 2.48. The Hall–Kier alpha value is -13.7. The fourth-order valence-electron chi connectivity index (χ4n) is 17.0. The molecule has 0 aliphatic heterocycles. The van der Waals surface area contributed by atoms with Crippen molar-refractivity contribution in [3.05, 3.63) is 399 Å². The average Bonchev–Trinajstić information content (AvgIpc) is 1.62. The number of anilines is 9. The van der Waals surface area contributed by atoms with Gasteiger partial charge in [0.15, 0.2) is 0 Å². The SMILES string of the molecule is CC(C)(C)c1ccc2c(c1)c1cc(N(c3ccccc3)c3cc(N(c4ccccc4)c4ccc5c(c4)c4cc(C(C)(C)C)ccc4n5-c4ccc(-c5ccccc5)cc4)cc(N(c4ccccc4)c4ccc5c(c4)c4cc(C(C)(C)C)ccc4n5-c4ccc(-c5ccccc5)cc4)c3)ccc1n2-c1ccc(-c2ccccc2)cc1. The van der Waals surface area contributed by atoms with Crippen molar-refractivity contribution in [2.45, 2.75) is 78.6 Å². The molecule has 114 heavy (non-hydrogen) atoms. The third kappa shape index (κ3) is 12.9. The van der Waals surface area contributed by atoms with Crippen LogP contribution < -0.4 is 14.7 Å². The van der Waals surface area contributed by atoms with Crippen molar-refractivity contribution in [1.29, 1.82) is 0 Å². The third-order valence-corrected chi connectivity index (χ3v) is 23.0. The van der Waals surface area contributed by atoms with Crippen LogP contribution in [0.5, 0.6) is 0 Å².